The Labute approximate surface area is 168 Å². The Morgan fingerprint density at radius 1 is 1.03 bits per heavy atom. The Balaban J connectivity index is 1.77. The van der Waals surface area contributed by atoms with Gasteiger partial charge in [-0.1, -0.05) is 12.1 Å². The molecule has 1 fully saturated rings. The van der Waals surface area contributed by atoms with Crippen molar-refractivity contribution in [2.45, 2.75) is 30.0 Å². The summed E-state index contributed by atoms with van der Waals surface area (Å²) >= 11 is 0. The molecule has 1 N–H and O–H groups in total. The maximum atomic E-state index is 12.7. The Morgan fingerprint density at radius 3 is 2.14 bits per heavy atom. The van der Waals surface area contributed by atoms with Gasteiger partial charge in [-0.15, -0.1) is 0 Å². The molecule has 0 spiro atoms. The molecule has 2 aromatic rings. The summed E-state index contributed by atoms with van der Waals surface area (Å²) in [5, 5.41) is 0. The number of likely N-dealkylation sites (tertiary alicyclic amines) is 1. The lowest BCUT2D eigenvalue weighted by Crippen LogP contribution is -2.36. The van der Waals surface area contributed by atoms with Crippen molar-refractivity contribution < 1.29 is 26.3 Å². The normalized spacial score (nSPS) is 16.7. The van der Waals surface area contributed by atoms with Gasteiger partial charge in [-0.25, -0.2) is 13.1 Å². The van der Waals surface area contributed by atoms with E-state index in [-0.39, 0.29) is 17.5 Å². The van der Waals surface area contributed by atoms with Gasteiger partial charge in [0.15, 0.2) is 0 Å². The number of ether oxygens (including phenoxy) is 1. The van der Waals surface area contributed by atoms with Crippen molar-refractivity contribution in [3.63, 3.8) is 0 Å². The van der Waals surface area contributed by atoms with E-state index in [9.17, 15) is 21.6 Å². The second-order valence-electron chi connectivity index (χ2n) is 6.91. The van der Waals surface area contributed by atoms with Crippen LogP contribution in [0.5, 0.6) is 5.75 Å². The van der Waals surface area contributed by atoms with E-state index in [1.165, 1.54) is 0 Å². The van der Waals surface area contributed by atoms with Crippen molar-refractivity contribution >= 4 is 10.0 Å². The lowest BCUT2D eigenvalue weighted by molar-refractivity contribution is -0.137. The highest BCUT2D eigenvalue weighted by atomic mass is 32.2. The average molecular weight is 428 g/mol. The maximum absolute atomic E-state index is 12.7. The predicted octanol–water partition coefficient (Wildman–Crippen LogP) is 3.83. The summed E-state index contributed by atoms with van der Waals surface area (Å²) in [6, 6.07) is 10.8. The first kappa shape index (κ1) is 21.6. The van der Waals surface area contributed by atoms with E-state index in [2.05, 4.69) is 9.62 Å². The molecule has 5 nitrogen and oxygen atoms in total. The third-order valence-electron chi connectivity index (χ3n) is 5.04. The van der Waals surface area contributed by atoms with Gasteiger partial charge in [0.2, 0.25) is 10.0 Å². The van der Waals surface area contributed by atoms with Crippen LogP contribution in [0, 0.1) is 0 Å². The van der Waals surface area contributed by atoms with Crippen LogP contribution in [0.3, 0.4) is 0 Å². The minimum atomic E-state index is -4.51. The van der Waals surface area contributed by atoms with Crippen LogP contribution in [0.2, 0.25) is 0 Å². The molecule has 0 saturated carbocycles. The van der Waals surface area contributed by atoms with Crippen molar-refractivity contribution in [3.05, 3.63) is 59.7 Å². The van der Waals surface area contributed by atoms with Crippen LogP contribution in [0.1, 0.15) is 30.0 Å². The van der Waals surface area contributed by atoms with Gasteiger partial charge < -0.3 is 4.74 Å². The highest BCUT2D eigenvalue weighted by Crippen LogP contribution is 2.30. The van der Waals surface area contributed by atoms with Crippen LogP contribution in [-0.2, 0) is 16.2 Å². The number of alkyl halides is 3. The van der Waals surface area contributed by atoms with Gasteiger partial charge in [-0.3, -0.25) is 4.90 Å². The van der Waals surface area contributed by atoms with Crippen molar-refractivity contribution in [3.8, 4) is 5.75 Å². The van der Waals surface area contributed by atoms with E-state index in [1.54, 1.807) is 7.11 Å². The second kappa shape index (κ2) is 8.73. The monoisotopic (exact) mass is 428 g/mol. The highest BCUT2D eigenvalue weighted by molar-refractivity contribution is 7.89. The molecule has 0 radical (unpaired) electrons. The molecule has 2 aromatic carbocycles. The Morgan fingerprint density at radius 2 is 1.62 bits per heavy atom. The van der Waals surface area contributed by atoms with Gasteiger partial charge in [0.1, 0.15) is 5.75 Å². The molecule has 1 aliphatic rings. The predicted molar refractivity (Wildman–Crippen MR) is 103 cm³/mol. The number of sulfonamides is 1. The van der Waals surface area contributed by atoms with Crippen LogP contribution in [-0.4, -0.2) is 40.1 Å². The topological polar surface area (TPSA) is 58.6 Å². The van der Waals surface area contributed by atoms with E-state index >= 15 is 0 Å². The maximum Gasteiger partial charge on any atom is 0.416 e. The fourth-order valence-electron chi connectivity index (χ4n) is 3.43. The summed E-state index contributed by atoms with van der Waals surface area (Å²) in [4.78, 5) is 2.01. The standard InChI is InChI=1S/C20H23F3N2O3S/c1-28-17-8-4-15(5-9-17)19(25-12-2-3-13-25)14-24-29(26,27)18-10-6-16(7-11-18)20(21,22)23/h4-11,19,24H,2-3,12-14H2,1H3. The molecule has 158 valence electrons. The molecular weight excluding hydrogens is 405 g/mol. The first-order valence-electron chi connectivity index (χ1n) is 9.25. The first-order chi connectivity index (χ1) is 13.7. The van der Waals surface area contributed by atoms with Gasteiger partial charge in [0.05, 0.1) is 17.6 Å². The lowest BCUT2D eigenvalue weighted by Gasteiger charge is -2.28. The number of nitrogens with zero attached hydrogens (tertiary/aromatic N) is 1. The minimum Gasteiger partial charge on any atom is -0.497 e. The van der Waals surface area contributed by atoms with Gasteiger partial charge in [-0.05, 0) is 67.9 Å². The highest BCUT2D eigenvalue weighted by Gasteiger charge is 2.31. The molecule has 9 heteroatoms. The van der Waals surface area contributed by atoms with Crippen molar-refractivity contribution in [1.82, 2.24) is 9.62 Å². The quantitative estimate of drug-likeness (QED) is 0.728. The molecule has 1 aliphatic heterocycles. The largest absolute Gasteiger partial charge is 0.497 e. The van der Waals surface area contributed by atoms with Gasteiger partial charge in [0.25, 0.3) is 0 Å². The third kappa shape index (κ3) is 5.29. The number of nitrogens with one attached hydrogen (secondary N) is 1. The molecule has 0 aliphatic carbocycles. The molecular formula is C20H23F3N2O3S. The zero-order valence-electron chi connectivity index (χ0n) is 15.9. The Bertz CT molecular complexity index is 907. The summed E-state index contributed by atoms with van der Waals surface area (Å²) < 4.78 is 71.1. The van der Waals surface area contributed by atoms with Gasteiger partial charge >= 0.3 is 6.18 Å². The molecule has 1 atom stereocenters. The van der Waals surface area contributed by atoms with Crippen LogP contribution >= 0.6 is 0 Å². The number of halogens is 3. The van der Waals surface area contributed by atoms with Crippen molar-refractivity contribution in [2.24, 2.45) is 0 Å². The smallest absolute Gasteiger partial charge is 0.416 e. The summed E-state index contributed by atoms with van der Waals surface area (Å²) in [5.41, 5.74) is 0.0624. The summed E-state index contributed by atoms with van der Waals surface area (Å²) in [6.07, 6.45) is -2.43. The van der Waals surface area contributed by atoms with Gasteiger partial charge in [0, 0.05) is 12.6 Å². The number of rotatable bonds is 7. The third-order valence-corrected chi connectivity index (χ3v) is 6.48. The zero-order valence-corrected chi connectivity index (χ0v) is 16.8. The second-order valence-corrected chi connectivity index (χ2v) is 8.67. The molecule has 0 bridgehead atoms. The van der Waals surface area contributed by atoms with Crippen molar-refractivity contribution in [2.75, 3.05) is 26.7 Å². The Kier molecular flexibility index (Phi) is 6.50. The minimum absolute atomic E-state index is 0.121. The van der Waals surface area contributed by atoms with Gasteiger partial charge in [-0.2, -0.15) is 13.2 Å². The van der Waals surface area contributed by atoms with E-state index < -0.39 is 21.8 Å². The molecule has 3 rings (SSSR count). The number of hydrogen-bond donors (Lipinski definition) is 1. The fourth-order valence-corrected chi connectivity index (χ4v) is 4.47. The van der Waals surface area contributed by atoms with Crippen LogP contribution in [0.25, 0.3) is 0 Å². The lowest BCUT2D eigenvalue weighted by atomic mass is 10.1. The van der Waals surface area contributed by atoms with Crippen molar-refractivity contribution in [1.29, 1.82) is 0 Å². The molecule has 0 amide bonds. The Hall–Kier alpha value is -2.10. The fraction of sp³-hybridized carbons (Fsp3) is 0.400. The van der Waals surface area contributed by atoms with E-state index in [4.69, 9.17) is 4.74 Å². The van der Waals surface area contributed by atoms with E-state index in [0.29, 0.717) is 5.75 Å². The van der Waals surface area contributed by atoms with Crippen LogP contribution < -0.4 is 9.46 Å². The zero-order chi connectivity index (χ0) is 21.1. The molecule has 1 unspecified atom stereocenters. The first-order valence-corrected chi connectivity index (χ1v) is 10.7. The molecule has 1 heterocycles. The summed E-state index contributed by atoms with van der Waals surface area (Å²) in [6.45, 7) is 1.84. The van der Waals surface area contributed by atoms with E-state index in [1.807, 2.05) is 24.3 Å². The van der Waals surface area contributed by atoms with Crippen LogP contribution in [0.15, 0.2) is 53.4 Å². The number of methoxy groups -OCH3 is 1. The van der Waals surface area contributed by atoms with Crippen LogP contribution in [0.4, 0.5) is 13.2 Å². The number of hydrogen-bond acceptors (Lipinski definition) is 4. The molecule has 1 saturated heterocycles. The number of benzene rings is 2. The average Bonchev–Trinajstić information content (AvgIpc) is 3.22. The SMILES string of the molecule is COc1ccc(C(CNS(=O)(=O)c2ccc(C(F)(F)F)cc2)N2CCCC2)cc1. The summed E-state index contributed by atoms with van der Waals surface area (Å²) in [5.74, 6) is 0.708. The van der Waals surface area contributed by atoms with E-state index in [0.717, 1.165) is 55.8 Å². The molecule has 29 heavy (non-hydrogen) atoms. The summed E-state index contributed by atoms with van der Waals surface area (Å²) in [7, 11) is -2.36. The molecule has 0 aromatic heterocycles.